The highest BCUT2D eigenvalue weighted by Crippen LogP contribution is 2.48. The summed E-state index contributed by atoms with van der Waals surface area (Å²) in [6.07, 6.45) is 1.04. The normalized spacial score (nSPS) is 17.0. The molecular weight excluding hydrogens is 332 g/mol. The molecular formula is C20H20N2O4. The van der Waals surface area contributed by atoms with Gasteiger partial charge in [0, 0.05) is 30.3 Å². The van der Waals surface area contributed by atoms with Crippen molar-refractivity contribution in [2.45, 2.75) is 25.9 Å². The first-order chi connectivity index (χ1) is 12.5. The van der Waals surface area contributed by atoms with Crippen molar-refractivity contribution in [1.82, 2.24) is 4.90 Å². The third kappa shape index (κ3) is 2.67. The van der Waals surface area contributed by atoms with Gasteiger partial charge in [-0.2, -0.15) is 0 Å². The van der Waals surface area contributed by atoms with E-state index in [1.807, 2.05) is 36.4 Å². The summed E-state index contributed by atoms with van der Waals surface area (Å²) in [5.41, 5.74) is 6.21. The predicted molar refractivity (Wildman–Crippen MR) is 94.6 cm³/mol. The van der Waals surface area contributed by atoms with Crippen molar-refractivity contribution in [3.05, 3.63) is 53.6 Å². The Morgan fingerprint density at radius 3 is 2.42 bits per heavy atom. The highest BCUT2D eigenvalue weighted by molar-refractivity contribution is 6.07. The third-order valence-electron chi connectivity index (χ3n) is 5.11. The maximum Gasteiger partial charge on any atom is 0.238 e. The second kappa shape index (κ2) is 6.05. The standard InChI is InChI=1S/C20H20N2O4/c1-25-15-7-6-14-12-22(19(24)20(8-9-20)18(21)23)11-13-4-2-3-5-16(13)26-17(14)10-15/h2-7,10H,8-9,11-12H2,1H3,(H2,21,23). The van der Waals surface area contributed by atoms with Crippen LogP contribution in [0.2, 0.25) is 0 Å². The largest absolute Gasteiger partial charge is 0.497 e. The number of carbonyl (C=O) groups is 2. The number of amides is 2. The highest BCUT2D eigenvalue weighted by atomic mass is 16.5. The first-order valence-corrected chi connectivity index (χ1v) is 8.55. The van der Waals surface area contributed by atoms with Crippen molar-refractivity contribution in [2.24, 2.45) is 11.1 Å². The lowest BCUT2D eigenvalue weighted by Crippen LogP contribution is -2.43. The van der Waals surface area contributed by atoms with E-state index < -0.39 is 11.3 Å². The maximum absolute atomic E-state index is 13.1. The van der Waals surface area contributed by atoms with Gasteiger partial charge in [0.1, 0.15) is 22.7 Å². The number of methoxy groups -OCH3 is 1. The molecule has 1 fully saturated rings. The van der Waals surface area contributed by atoms with Crippen LogP contribution in [0.15, 0.2) is 42.5 Å². The van der Waals surface area contributed by atoms with Gasteiger partial charge >= 0.3 is 0 Å². The Kier molecular flexibility index (Phi) is 3.83. The van der Waals surface area contributed by atoms with Crippen LogP contribution in [0.5, 0.6) is 17.2 Å². The Morgan fingerprint density at radius 1 is 1.08 bits per heavy atom. The van der Waals surface area contributed by atoms with Gasteiger partial charge in [0.15, 0.2) is 0 Å². The Morgan fingerprint density at radius 2 is 1.77 bits per heavy atom. The molecule has 2 amide bonds. The molecule has 0 bridgehead atoms. The number of nitrogens with two attached hydrogens (primary N) is 1. The summed E-state index contributed by atoms with van der Waals surface area (Å²) < 4.78 is 11.4. The molecule has 1 heterocycles. The van der Waals surface area contributed by atoms with Crippen LogP contribution in [0.4, 0.5) is 0 Å². The number of hydrogen-bond donors (Lipinski definition) is 1. The van der Waals surface area contributed by atoms with E-state index in [0.717, 1.165) is 11.1 Å². The monoisotopic (exact) mass is 352 g/mol. The van der Waals surface area contributed by atoms with E-state index in [1.165, 1.54) is 0 Å². The van der Waals surface area contributed by atoms with Gasteiger partial charge in [-0.3, -0.25) is 9.59 Å². The van der Waals surface area contributed by atoms with Crippen LogP contribution in [0.25, 0.3) is 0 Å². The first-order valence-electron chi connectivity index (χ1n) is 8.55. The summed E-state index contributed by atoms with van der Waals surface area (Å²) in [6.45, 7) is 0.719. The van der Waals surface area contributed by atoms with Crippen molar-refractivity contribution in [1.29, 1.82) is 0 Å². The molecule has 0 unspecified atom stereocenters. The summed E-state index contributed by atoms with van der Waals surface area (Å²) in [5.74, 6) is 1.25. The van der Waals surface area contributed by atoms with Gasteiger partial charge in [0.2, 0.25) is 11.8 Å². The molecule has 2 aliphatic rings. The number of nitrogens with zero attached hydrogens (tertiary/aromatic N) is 1. The van der Waals surface area contributed by atoms with E-state index in [0.29, 0.717) is 43.2 Å². The van der Waals surface area contributed by atoms with Crippen molar-refractivity contribution < 1.29 is 19.1 Å². The van der Waals surface area contributed by atoms with Gasteiger partial charge in [-0.15, -0.1) is 0 Å². The quantitative estimate of drug-likeness (QED) is 0.861. The van der Waals surface area contributed by atoms with Crippen LogP contribution in [-0.4, -0.2) is 23.8 Å². The number of primary amides is 1. The van der Waals surface area contributed by atoms with Crippen LogP contribution in [-0.2, 0) is 22.7 Å². The topological polar surface area (TPSA) is 81.9 Å². The molecule has 26 heavy (non-hydrogen) atoms. The summed E-state index contributed by atoms with van der Waals surface area (Å²) >= 11 is 0. The van der Waals surface area contributed by atoms with E-state index in [2.05, 4.69) is 0 Å². The number of fused-ring (bicyclic) bond motifs is 2. The van der Waals surface area contributed by atoms with Gasteiger partial charge in [0.05, 0.1) is 7.11 Å². The molecule has 0 radical (unpaired) electrons. The van der Waals surface area contributed by atoms with Crippen molar-refractivity contribution in [3.8, 4) is 17.2 Å². The second-order valence-corrected chi connectivity index (χ2v) is 6.79. The van der Waals surface area contributed by atoms with Gasteiger partial charge in [0.25, 0.3) is 0 Å². The Hall–Kier alpha value is -3.02. The number of carbonyl (C=O) groups excluding carboxylic acids is 2. The molecule has 0 spiro atoms. The molecule has 2 aromatic rings. The minimum absolute atomic E-state index is 0.205. The minimum Gasteiger partial charge on any atom is -0.497 e. The first kappa shape index (κ1) is 16.4. The number of ether oxygens (including phenoxy) is 2. The van der Waals surface area contributed by atoms with E-state index >= 15 is 0 Å². The van der Waals surface area contributed by atoms with E-state index in [9.17, 15) is 9.59 Å². The molecule has 6 nitrogen and oxygen atoms in total. The smallest absolute Gasteiger partial charge is 0.238 e. The lowest BCUT2D eigenvalue weighted by molar-refractivity contribution is -0.144. The fraction of sp³-hybridized carbons (Fsp3) is 0.300. The zero-order valence-electron chi connectivity index (χ0n) is 14.5. The average Bonchev–Trinajstić information content (AvgIpc) is 3.43. The number of hydrogen-bond acceptors (Lipinski definition) is 4. The molecule has 1 aliphatic heterocycles. The lowest BCUT2D eigenvalue weighted by atomic mass is 10.0. The van der Waals surface area contributed by atoms with Crippen molar-refractivity contribution in [2.75, 3.05) is 7.11 Å². The van der Waals surface area contributed by atoms with Gasteiger partial charge in [-0.25, -0.2) is 0 Å². The third-order valence-corrected chi connectivity index (χ3v) is 5.11. The molecule has 2 aromatic carbocycles. The summed E-state index contributed by atoms with van der Waals surface area (Å²) in [7, 11) is 1.60. The molecule has 134 valence electrons. The SMILES string of the molecule is COc1ccc2c(c1)Oc1ccccc1CN(C(=O)C1(C(N)=O)CC1)C2. The maximum atomic E-state index is 13.1. The Bertz CT molecular complexity index is 889. The van der Waals surface area contributed by atoms with Crippen molar-refractivity contribution in [3.63, 3.8) is 0 Å². The van der Waals surface area contributed by atoms with Crippen molar-refractivity contribution >= 4 is 11.8 Å². The lowest BCUT2D eigenvalue weighted by Gasteiger charge is -2.30. The van der Waals surface area contributed by atoms with Crippen LogP contribution < -0.4 is 15.2 Å². The zero-order valence-corrected chi connectivity index (χ0v) is 14.5. The summed E-state index contributed by atoms with van der Waals surface area (Å²) in [6, 6.07) is 13.1. The van der Waals surface area contributed by atoms with Crippen LogP contribution >= 0.6 is 0 Å². The molecule has 1 aliphatic carbocycles. The fourth-order valence-electron chi connectivity index (χ4n) is 3.34. The fourth-order valence-corrected chi connectivity index (χ4v) is 3.34. The molecule has 2 N–H and O–H groups in total. The van der Waals surface area contributed by atoms with Crippen LogP contribution in [0, 0.1) is 5.41 Å². The molecule has 4 rings (SSSR count). The summed E-state index contributed by atoms with van der Waals surface area (Å²) in [5, 5.41) is 0. The van der Waals surface area contributed by atoms with E-state index in [4.69, 9.17) is 15.2 Å². The van der Waals surface area contributed by atoms with E-state index in [1.54, 1.807) is 18.1 Å². The Balaban J connectivity index is 1.77. The number of benzene rings is 2. The van der Waals surface area contributed by atoms with Gasteiger partial charge in [-0.05, 0) is 31.0 Å². The highest BCUT2D eigenvalue weighted by Gasteiger charge is 2.57. The second-order valence-electron chi connectivity index (χ2n) is 6.79. The molecule has 0 atom stereocenters. The van der Waals surface area contributed by atoms with Crippen LogP contribution in [0.1, 0.15) is 24.0 Å². The van der Waals surface area contributed by atoms with Gasteiger partial charge < -0.3 is 20.1 Å². The predicted octanol–water partition coefficient (Wildman–Crippen LogP) is 2.60. The minimum atomic E-state index is -1.04. The number of para-hydroxylation sites is 1. The number of rotatable bonds is 3. The Labute approximate surface area is 151 Å². The molecule has 6 heteroatoms. The molecule has 0 saturated heterocycles. The van der Waals surface area contributed by atoms with Gasteiger partial charge in [-0.1, -0.05) is 18.2 Å². The average molecular weight is 352 g/mol. The summed E-state index contributed by atoms with van der Waals surface area (Å²) in [4.78, 5) is 26.6. The molecule has 1 saturated carbocycles. The van der Waals surface area contributed by atoms with Crippen LogP contribution in [0.3, 0.4) is 0 Å². The zero-order chi connectivity index (χ0) is 18.3. The van der Waals surface area contributed by atoms with E-state index in [-0.39, 0.29) is 5.91 Å². The molecule has 0 aromatic heterocycles.